The molecule has 0 atom stereocenters. The maximum atomic E-state index is 13.4. The molecule has 1 aromatic rings. The molecule has 0 bridgehead atoms. The van der Waals surface area contributed by atoms with Gasteiger partial charge >= 0.3 is 0 Å². The average molecular weight is 223 g/mol. The second kappa shape index (κ2) is 4.51. The molecule has 1 saturated heterocycles. The molecular formula is C12H14FNO2. The lowest BCUT2D eigenvalue weighted by atomic mass is 10.2. The Morgan fingerprint density at radius 1 is 1.50 bits per heavy atom. The molecular weight excluding hydrogens is 209 g/mol. The number of halogens is 1. The Morgan fingerprint density at radius 3 is 2.88 bits per heavy atom. The number of hydrogen-bond donors (Lipinski definition) is 0. The normalized spacial score (nSPS) is 15.6. The molecule has 4 heteroatoms. The Hall–Kier alpha value is -1.58. The molecule has 1 heterocycles. The number of carbonyl (C=O) groups is 1. The number of hydrogen-bond acceptors (Lipinski definition) is 2. The first-order valence-electron chi connectivity index (χ1n) is 5.31. The number of likely N-dealkylation sites (tertiary alicyclic amines) is 1. The number of amides is 1. The minimum absolute atomic E-state index is 0.149. The predicted octanol–water partition coefficient (Wildman–Crippen LogP) is 1.96. The van der Waals surface area contributed by atoms with Crippen LogP contribution in [0.1, 0.15) is 18.4 Å². The van der Waals surface area contributed by atoms with Crippen LogP contribution in [-0.2, 0) is 11.3 Å². The van der Waals surface area contributed by atoms with E-state index in [1.807, 2.05) is 0 Å². The van der Waals surface area contributed by atoms with Gasteiger partial charge in [-0.05, 0) is 24.1 Å². The second-order valence-corrected chi connectivity index (χ2v) is 3.89. The molecule has 1 aliphatic rings. The van der Waals surface area contributed by atoms with Crippen molar-refractivity contribution in [1.29, 1.82) is 0 Å². The summed E-state index contributed by atoms with van der Waals surface area (Å²) < 4.78 is 18.2. The second-order valence-electron chi connectivity index (χ2n) is 3.89. The van der Waals surface area contributed by atoms with Crippen LogP contribution in [0.2, 0.25) is 0 Å². The average Bonchev–Trinajstić information content (AvgIpc) is 2.65. The maximum Gasteiger partial charge on any atom is 0.222 e. The van der Waals surface area contributed by atoms with Gasteiger partial charge in [0.1, 0.15) is 0 Å². The van der Waals surface area contributed by atoms with Crippen molar-refractivity contribution in [3.63, 3.8) is 0 Å². The molecule has 0 spiro atoms. The SMILES string of the molecule is COc1ccc(CN2CCCC2=O)cc1F. The van der Waals surface area contributed by atoms with Gasteiger partial charge in [-0.3, -0.25) is 4.79 Å². The van der Waals surface area contributed by atoms with E-state index in [9.17, 15) is 9.18 Å². The number of benzene rings is 1. The summed E-state index contributed by atoms with van der Waals surface area (Å²) in [6.07, 6.45) is 1.51. The van der Waals surface area contributed by atoms with Crippen molar-refractivity contribution in [3.8, 4) is 5.75 Å². The van der Waals surface area contributed by atoms with Crippen LogP contribution in [0, 0.1) is 5.82 Å². The summed E-state index contributed by atoms with van der Waals surface area (Å²) in [7, 11) is 1.43. The third-order valence-corrected chi connectivity index (χ3v) is 2.76. The Morgan fingerprint density at radius 2 is 2.31 bits per heavy atom. The number of ether oxygens (including phenoxy) is 1. The van der Waals surface area contributed by atoms with Gasteiger partial charge in [0, 0.05) is 19.5 Å². The molecule has 0 unspecified atom stereocenters. The molecule has 86 valence electrons. The van der Waals surface area contributed by atoms with E-state index in [4.69, 9.17) is 4.74 Å². The third-order valence-electron chi connectivity index (χ3n) is 2.76. The van der Waals surface area contributed by atoms with Crippen molar-refractivity contribution in [3.05, 3.63) is 29.6 Å². The van der Waals surface area contributed by atoms with Crippen molar-refractivity contribution in [2.45, 2.75) is 19.4 Å². The lowest BCUT2D eigenvalue weighted by Gasteiger charge is -2.15. The lowest BCUT2D eigenvalue weighted by Crippen LogP contribution is -2.23. The minimum Gasteiger partial charge on any atom is -0.494 e. The predicted molar refractivity (Wildman–Crippen MR) is 57.6 cm³/mol. The van der Waals surface area contributed by atoms with Gasteiger partial charge in [-0.2, -0.15) is 0 Å². The quantitative estimate of drug-likeness (QED) is 0.784. The van der Waals surface area contributed by atoms with Gasteiger partial charge in [-0.25, -0.2) is 4.39 Å². The Kier molecular flexibility index (Phi) is 3.08. The molecule has 1 aromatic carbocycles. The molecule has 3 nitrogen and oxygen atoms in total. The third kappa shape index (κ3) is 2.15. The molecule has 0 aromatic heterocycles. The van der Waals surface area contributed by atoms with Crippen LogP contribution in [-0.4, -0.2) is 24.5 Å². The zero-order valence-corrected chi connectivity index (χ0v) is 9.20. The highest BCUT2D eigenvalue weighted by Gasteiger charge is 2.20. The first-order chi connectivity index (χ1) is 7.70. The molecule has 0 N–H and O–H groups in total. The Balaban J connectivity index is 2.10. The highest BCUT2D eigenvalue weighted by Crippen LogP contribution is 2.20. The van der Waals surface area contributed by atoms with Gasteiger partial charge in [0.15, 0.2) is 11.6 Å². The molecule has 1 aliphatic heterocycles. The standard InChI is InChI=1S/C12H14FNO2/c1-16-11-5-4-9(7-10(11)13)8-14-6-2-3-12(14)15/h4-5,7H,2-3,6,8H2,1H3. The van der Waals surface area contributed by atoms with Gasteiger partial charge in [-0.15, -0.1) is 0 Å². The topological polar surface area (TPSA) is 29.5 Å². The highest BCUT2D eigenvalue weighted by atomic mass is 19.1. The van der Waals surface area contributed by atoms with Crippen molar-refractivity contribution < 1.29 is 13.9 Å². The molecule has 2 rings (SSSR count). The molecule has 0 radical (unpaired) electrons. The van der Waals surface area contributed by atoms with Gasteiger partial charge in [0.2, 0.25) is 5.91 Å². The first kappa shape index (κ1) is 10.9. The van der Waals surface area contributed by atoms with Crippen molar-refractivity contribution >= 4 is 5.91 Å². The highest BCUT2D eigenvalue weighted by molar-refractivity contribution is 5.78. The lowest BCUT2D eigenvalue weighted by molar-refractivity contribution is -0.128. The number of methoxy groups -OCH3 is 1. The number of nitrogens with zero attached hydrogens (tertiary/aromatic N) is 1. The largest absolute Gasteiger partial charge is 0.494 e. The summed E-state index contributed by atoms with van der Waals surface area (Å²) in [6, 6.07) is 4.79. The van der Waals surface area contributed by atoms with Crippen LogP contribution in [0.25, 0.3) is 0 Å². The smallest absolute Gasteiger partial charge is 0.222 e. The van der Waals surface area contributed by atoms with E-state index >= 15 is 0 Å². The van der Waals surface area contributed by atoms with Gasteiger partial charge in [0.25, 0.3) is 0 Å². The fraction of sp³-hybridized carbons (Fsp3) is 0.417. The molecule has 0 saturated carbocycles. The monoisotopic (exact) mass is 223 g/mol. The van der Waals surface area contributed by atoms with Gasteiger partial charge in [0.05, 0.1) is 7.11 Å². The van der Waals surface area contributed by atoms with Crippen LogP contribution in [0.4, 0.5) is 4.39 Å². The van der Waals surface area contributed by atoms with Crippen LogP contribution >= 0.6 is 0 Å². The van der Waals surface area contributed by atoms with Crippen LogP contribution < -0.4 is 4.74 Å². The summed E-state index contributed by atoms with van der Waals surface area (Å²) in [5.74, 6) is -0.000583. The van der Waals surface area contributed by atoms with Crippen molar-refractivity contribution in [2.24, 2.45) is 0 Å². The van der Waals surface area contributed by atoms with E-state index in [0.29, 0.717) is 13.0 Å². The van der Waals surface area contributed by atoms with Crippen molar-refractivity contribution in [2.75, 3.05) is 13.7 Å². The zero-order chi connectivity index (χ0) is 11.5. The summed E-state index contributed by atoms with van der Waals surface area (Å²) in [4.78, 5) is 13.1. The minimum atomic E-state index is -0.383. The van der Waals surface area contributed by atoms with E-state index in [-0.39, 0.29) is 17.5 Å². The number of carbonyl (C=O) groups excluding carboxylic acids is 1. The first-order valence-corrected chi connectivity index (χ1v) is 5.31. The van der Waals surface area contributed by atoms with E-state index in [1.54, 1.807) is 17.0 Å². The summed E-state index contributed by atoms with van der Waals surface area (Å²) in [6.45, 7) is 1.26. The van der Waals surface area contributed by atoms with E-state index in [2.05, 4.69) is 0 Å². The van der Waals surface area contributed by atoms with Gasteiger partial charge in [-0.1, -0.05) is 6.07 Å². The fourth-order valence-electron chi connectivity index (χ4n) is 1.90. The molecule has 16 heavy (non-hydrogen) atoms. The molecule has 1 amide bonds. The van der Waals surface area contributed by atoms with E-state index in [1.165, 1.54) is 13.2 Å². The van der Waals surface area contributed by atoms with Gasteiger partial charge < -0.3 is 9.64 Å². The fourth-order valence-corrected chi connectivity index (χ4v) is 1.90. The summed E-state index contributed by atoms with van der Waals surface area (Å²) in [5.41, 5.74) is 0.800. The summed E-state index contributed by atoms with van der Waals surface area (Å²) >= 11 is 0. The van der Waals surface area contributed by atoms with Crippen LogP contribution in [0.15, 0.2) is 18.2 Å². The Labute approximate surface area is 93.8 Å². The molecule has 0 aliphatic carbocycles. The Bertz CT molecular complexity index is 406. The summed E-state index contributed by atoms with van der Waals surface area (Å²) in [5, 5.41) is 0. The van der Waals surface area contributed by atoms with Crippen LogP contribution in [0.3, 0.4) is 0 Å². The van der Waals surface area contributed by atoms with Crippen LogP contribution in [0.5, 0.6) is 5.75 Å². The van der Waals surface area contributed by atoms with E-state index in [0.717, 1.165) is 18.5 Å². The van der Waals surface area contributed by atoms with Crippen molar-refractivity contribution in [1.82, 2.24) is 4.90 Å². The number of rotatable bonds is 3. The zero-order valence-electron chi connectivity index (χ0n) is 9.20. The maximum absolute atomic E-state index is 13.4. The van der Waals surface area contributed by atoms with E-state index < -0.39 is 0 Å². The molecule has 1 fully saturated rings.